The van der Waals surface area contributed by atoms with E-state index < -0.39 is 0 Å². The quantitative estimate of drug-likeness (QED) is 0.710. The molecule has 0 aliphatic rings. The molecule has 3 aromatic rings. The van der Waals surface area contributed by atoms with Crippen molar-refractivity contribution in [2.45, 2.75) is 26.8 Å². The van der Waals surface area contributed by atoms with Crippen LogP contribution in [0.25, 0.3) is 11.5 Å². The highest BCUT2D eigenvalue weighted by atomic mass is 79.9. The molecular formula is C16H16BrN3O. The Balaban J connectivity index is 1.87. The van der Waals surface area contributed by atoms with Crippen LogP contribution in [-0.2, 0) is 13.0 Å². The monoisotopic (exact) mass is 345 g/mol. The Kier molecular flexibility index (Phi) is 3.92. The Morgan fingerprint density at radius 3 is 2.81 bits per heavy atom. The fourth-order valence-electron chi connectivity index (χ4n) is 2.33. The molecule has 0 aliphatic heterocycles. The summed E-state index contributed by atoms with van der Waals surface area (Å²) < 4.78 is 8.71. The van der Waals surface area contributed by atoms with Crippen LogP contribution in [0.2, 0.25) is 0 Å². The van der Waals surface area contributed by atoms with Crippen LogP contribution in [0, 0.1) is 6.92 Å². The van der Waals surface area contributed by atoms with Crippen LogP contribution >= 0.6 is 15.9 Å². The molecule has 0 N–H and O–H groups in total. The SMILES string of the molecule is CCc1nc(C)cn1Cc1coc(-c2ccccc2Br)n1. The van der Waals surface area contributed by atoms with Crippen molar-refractivity contribution in [3.05, 3.63) is 58.4 Å². The zero-order valence-electron chi connectivity index (χ0n) is 12.0. The average Bonchev–Trinajstić information content (AvgIpc) is 3.06. The van der Waals surface area contributed by atoms with Gasteiger partial charge >= 0.3 is 0 Å². The molecule has 0 bridgehead atoms. The van der Waals surface area contributed by atoms with E-state index in [0.717, 1.165) is 33.7 Å². The number of nitrogens with zero attached hydrogens (tertiary/aromatic N) is 3. The molecule has 3 rings (SSSR count). The predicted molar refractivity (Wildman–Crippen MR) is 85.1 cm³/mol. The average molecular weight is 346 g/mol. The van der Waals surface area contributed by atoms with Gasteiger partial charge in [-0.25, -0.2) is 9.97 Å². The minimum Gasteiger partial charge on any atom is -0.444 e. The van der Waals surface area contributed by atoms with Crippen molar-refractivity contribution >= 4 is 15.9 Å². The predicted octanol–water partition coefficient (Wildman–Crippen LogP) is 4.22. The molecule has 2 aromatic heterocycles. The number of hydrogen-bond donors (Lipinski definition) is 0. The number of aryl methyl sites for hydroxylation is 2. The van der Waals surface area contributed by atoms with E-state index in [-0.39, 0.29) is 0 Å². The Morgan fingerprint density at radius 2 is 2.05 bits per heavy atom. The van der Waals surface area contributed by atoms with Crippen molar-refractivity contribution in [3.63, 3.8) is 0 Å². The molecule has 108 valence electrons. The van der Waals surface area contributed by atoms with E-state index in [9.17, 15) is 0 Å². The van der Waals surface area contributed by atoms with Gasteiger partial charge in [-0.1, -0.05) is 19.1 Å². The van der Waals surface area contributed by atoms with Crippen LogP contribution < -0.4 is 0 Å². The first-order valence-corrected chi connectivity index (χ1v) is 7.68. The number of oxazole rings is 1. The van der Waals surface area contributed by atoms with Gasteiger partial charge in [0, 0.05) is 17.1 Å². The van der Waals surface area contributed by atoms with Gasteiger partial charge in [-0.3, -0.25) is 0 Å². The third kappa shape index (κ3) is 2.93. The van der Waals surface area contributed by atoms with Crippen molar-refractivity contribution in [1.82, 2.24) is 14.5 Å². The van der Waals surface area contributed by atoms with E-state index in [2.05, 4.69) is 37.4 Å². The van der Waals surface area contributed by atoms with Crippen LogP contribution in [0.4, 0.5) is 0 Å². The molecule has 0 fully saturated rings. The van der Waals surface area contributed by atoms with Crippen LogP contribution in [0.1, 0.15) is 24.1 Å². The summed E-state index contributed by atoms with van der Waals surface area (Å²) >= 11 is 3.52. The van der Waals surface area contributed by atoms with E-state index in [0.29, 0.717) is 12.4 Å². The molecule has 0 radical (unpaired) electrons. The molecule has 1 aromatic carbocycles. The second-order valence-corrected chi connectivity index (χ2v) is 5.76. The summed E-state index contributed by atoms with van der Waals surface area (Å²) in [5, 5.41) is 0. The summed E-state index contributed by atoms with van der Waals surface area (Å²) in [6.45, 7) is 4.79. The lowest BCUT2D eigenvalue weighted by Gasteiger charge is -2.02. The van der Waals surface area contributed by atoms with Crippen LogP contribution in [0.5, 0.6) is 0 Å². The zero-order chi connectivity index (χ0) is 14.8. The van der Waals surface area contributed by atoms with Crippen molar-refractivity contribution < 1.29 is 4.42 Å². The lowest BCUT2D eigenvalue weighted by Crippen LogP contribution is -2.03. The van der Waals surface area contributed by atoms with Crippen molar-refractivity contribution in [3.8, 4) is 11.5 Å². The normalized spacial score (nSPS) is 11.0. The summed E-state index contributed by atoms with van der Waals surface area (Å²) in [7, 11) is 0. The topological polar surface area (TPSA) is 43.9 Å². The molecule has 0 amide bonds. The molecular weight excluding hydrogens is 330 g/mol. The largest absolute Gasteiger partial charge is 0.444 e. The lowest BCUT2D eigenvalue weighted by molar-refractivity contribution is 0.570. The maximum Gasteiger partial charge on any atom is 0.227 e. The van der Waals surface area contributed by atoms with Gasteiger partial charge in [0.2, 0.25) is 5.89 Å². The number of benzene rings is 1. The highest BCUT2D eigenvalue weighted by Crippen LogP contribution is 2.27. The molecule has 0 unspecified atom stereocenters. The molecule has 21 heavy (non-hydrogen) atoms. The number of rotatable bonds is 4. The van der Waals surface area contributed by atoms with Gasteiger partial charge in [-0.15, -0.1) is 0 Å². The van der Waals surface area contributed by atoms with E-state index in [1.54, 1.807) is 6.26 Å². The Bertz CT molecular complexity index is 760. The van der Waals surface area contributed by atoms with Crippen molar-refractivity contribution in [2.75, 3.05) is 0 Å². The summed E-state index contributed by atoms with van der Waals surface area (Å²) in [6.07, 6.45) is 4.66. The number of hydrogen-bond acceptors (Lipinski definition) is 3. The van der Waals surface area contributed by atoms with Gasteiger partial charge in [0.05, 0.1) is 23.5 Å². The Labute approximate surface area is 132 Å². The number of aromatic nitrogens is 3. The number of halogens is 1. The van der Waals surface area contributed by atoms with Gasteiger partial charge in [-0.2, -0.15) is 0 Å². The smallest absolute Gasteiger partial charge is 0.227 e. The zero-order valence-corrected chi connectivity index (χ0v) is 13.6. The van der Waals surface area contributed by atoms with Gasteiger partial charge in [0.15, 0.2) is 0 Å². The first kappa shape index (κ1) is 14.1. The Hall–Kier alpha value is -1.88. The molecule has 0 spiro atoms. The minimum atomic E-state index is 0.632. The molecule has 5 heteroatoms. The van der Waals surface area contributed by atoms with Gasteiger partial charge in [-0.05, 0) is 35.0 Å². The van der Waals surface area contributed by atoms with E-state index in [4.69, 9.17) is 4.42 Å². The third-order valence-electron chi connectivity index (χ3n) is 3.28. The Morgan fingerprint density at radius 1 is 1.24 bits per heavy atom. The summed E-state index contributed by atoms with van der Waals surface area (Å²) in [5.74, 6) is 1.70. The van der Waals surface area contributed by atoms with Crippen LogP contribution in [0.3, 0.4) is 0 Å². The van der Waals surface area contributed by atoms with Crippen LogP contribution in [-0.4, -0.2) is 14.5 Å². The van der Waals surface area contributed by atoms with E-state index in [1.807, 2.05) is 37.4 Å². The summed E-state index contributed by atoms with van der Waals surface area (Å²) in [4.78, 5) is 9.08. The molecule has 0 atom stereocenters. The molecule has 0 saturated carbocycles. The molecule has 0 saturated heterocycles. The second kappa shape index (κ2) is 5.85. The third-order valence-corrected chi connectivity index (χ3v) is 3.98. The fraction of sp³-hybridized carbons (Fsp3) is 0.250. The fourth-order valence-corrected chi connectivity index (χ4v) is 2.78. The number of imidazole rings is 1. The van der Waals surface area contributed by atoms with Crippen molar-refractivity contribution in [1.29, 1.82) is 0 Å². The molecule has 2 heterocycles. The highest BCUT2D eigenvalue weighted by molar-refractivity contribution is 9.10. The molecule has 0 aliphatic carbocycles. The second-order valence-electron chi connectivity index (χ2n) is 4.90. The maximum atomic E-state index is 5.61. The summed E-state index contributed by atoms with van der Waals surface area (Å²) in [6, 6.07) is 7.91. The minimum absolute atomic E-state index is 0.632. The highest BCUT2D eigenvalue weighted by Gasteiger charge is 2.11. The summed E-state index contributed by atoms with van der Waals surface area (Å²) in [5.41, 5.74) is 2.88. The molecule has 4 nitrogen and oxygen atoms in total. The lowest BCUT2D eigenvalue weighted by atomic mass is 10.2. The van der Waals surface area contributed by atoms with Gasteiger partial charge < -0.3 is 8.98 Å². The van der Waals surface area contributed by atoms with Gasteiger partial charge in [0.1, 0.15) is 12.1 Å². The maximum absolute atomic E-state index is 5.61. The van der Waals surface area contributed by atoms with E-state index >= 15 is 0 Å². The first-order chi connectivity index (χ1) is 10.2. The van der Waals surface area contributed by atoms with Crippen molar-refractivity contribution in [2.24, 2.45) is 0 Å². The van der Waals surface area contributed by atoms with Gasteiger partial charge in [0.25, 0.3) is 0 Å². The first-order valence-electron chi connectivity index (χ1n) is 6.89. The van der Waals surface area contributed by atoms with Crippen LogP contribution in [0.15, 0.2) is 45.6 Å². The van der Waals surface area contributed by atoms with E-state index in [1.165, 1.54) is 0 Å². The standard InChI is InChI=1S/C16H16BrN3O/c1-3-15-18-11(2)8-20(15)9-12-10-21-16(19-12)13-6-4-5-7-14(13)17/h4-8,10H,3,9H2,1-2H3.